The number of aliphatic carboxylic acids is 1. The van der Waals surface area contributed by atoms with Crippen molar-refractivity contribution in [3.05, 3.63) is 58.8 Å². The molecule has 0 aliphatic carbocycles. The van der Waals surface area contributed by atoms with E-state index in [1.165, 1.54) is 0 Å². The summed E-state index contributed by atoms with van der Waals surface area (Å²) in [6, 6.07) is 11.0. The lowest BCUT2D eigenvalue weighted by atomic mass is 10.1. The minimum Gasteiger partial charge on any atom is -0.487 e. The molecule has 1 aromatic carbocycles. The first-order chi connectivity index (χ1) is 14.1. The minimum atomic E-state index is -0.861. The Labute approximate surface area is 172 Å². The number of morpholine rings is 1. The molecule has 3 aromatic rings. The zero-order valence-corrected chi connectivity index (χ0v) is 16.9. The third-order valence-electron chi connectivity index (χ3n) is 4.81. The fraction of sp³-hybridized carbons (Fsp3) is 0.333. The Morgan fingerprint density at radius 3 is 3.07 bits per heavy atom. The molecule has 3 heterocycles. The highest BCUT2D eigenvalue weighted by Crippen LogP contribution is 2.26. The Balaban J connectivity index is 1.41. The lowest BCUT2D eigenvalue weighted by Gasteiger charge is -2.32. The number of hydrogen-bond donors (Lipinski definition) is 1. The Kier molecular flexibility index (Phi) is 5.94. The largest absolute Gasteiger partial charge is 0.487 e. The van der Waals surface area contributed by atoms with Crippen molar-refractivity contribution in [3.63, 3.8) is 0 Å². The summed E-state index contributed by atoms with van der Waals surface area (Å²) in [5.41, 5.74) is 1.75. The molecule has 29 heavy (non-hydrogen) atoms. The van der Waals surface area contributed by atoms with Crippen LogP contribution in [-0.2, 0) is 22.7 Å². The summed E-state index contributed by atoms with van der Waals surface area (Å²) in [4.78, 5) is 18.9. The van der Waals surface area contributed by atoms with Crippen LogP contribution >= 0.6 is 11.3 Å². The zero-order chi connectivity index (χ0) is 20.2. The molecule has 1 atom stereocenters. The average Bonchev–Trinajstić information content (AvgIpc) is 3.37. The van der Waals surface area contributed by atoms with Crippen LogP contribution in [0.4, 0.5) is 0 Å². The molecular formula is C21H22N2O5S. The topological polar surface area (TPSA) is 85.0 Å². The van der Waals surface area contributed by atoms with E-state index >= 15 is 0 Å². The smallest absolute Gasteiger partial charge is 0.323 e. The molecule has 7 nitrogen and oxygen atoms in total. The first kappa shape index (κ1) is 19.6. The summed E-state index contributed by atoms with van der Waals surface area (Å²) in [6.45, 7) is 4.05. The molecule has 4 rings (SSSR count). The molecule has 1 saturated heterocycles. The molecule has 0 amide bonds. The van der Waals surface area contributed by atoms with Gasteiger partial charge in [-0.05, 0) is 36.1 Å². The molecule has 152 valence electrons. The maximum Gasteiger partial charge on any atom is 0.323 e. The Hall–Kier alpha value is -2.68. The Bertz CT molecular complexity index is 969. The summed E-state index contributed by atoms with van der Waals surface area (Å²) in [7, 11) is 0. The SMILES string of the molecule is Cc1oc(-c2cccs2)nc1COc1cccc(CN2CCOC[C@H]2C(=O)O)c1. The van der Waals surface area contributed by atoms with E-state index in [4.69, 9.17) is 13.9 Å². The van der Waals surface area contributed by atoms with E-state index in [2.05, 4.69) is 4.98 Å². The molecule has 0 saturated carbocycles. The van der Waals surface area contributed by atoms with Gasteiger partial charge in [0.1, 0.15) is 29.9 Å². The third kappa shape index (κ3) is 4.67. The van der Waals surface area contributed by atoms with Crippen molar-refractivity contribution in [2.75, 3.05) is 19.8 Å². The van der Waals surface area contributed by atoms with Crippen molar-refractivity contribution in [2.24, 2.45) is 0 Å². The summed E-state index contributed by atoms with van der Waals surface area (Å²) in [5, 5.41) is 11.4. The van der Waals surface area contributed by atoms with Gasteiger partial charge in [-0.15, -0.1) is 11.3 Å². The summed E-state index contributed by atoms with van der Waals surface area (Å²) in [6.07, 6.45) is 0. The van der Waals surface area contributed by atoms with Crippen LogP contribution in [0.3, 0.4) is 0 Å². The molecule has 1 fully saturated rings. The fourth-order valence-electron chi connectivity index (χ4n) is 3.24. The second-order valence-corrected chi connectivity index (χ2v) is 7.78. The molecule has 1 aliphatic heterocycles. The van der Waals surface area contributed by atoms with E-state index in [1.54, 1.807) is 11.3 Å². The van der Waals surface area contributed by atoms with Crippen molar-refractivity contribution in [2.45, 2.75) is 26.1 Å². The average molecular weight is 414 g/mol. The first-order valence-corrected chi connectivity index (χ1v) is 10.2. The lowest BCUT2D eigenvalue weighted by Crippen LogP contribution is -2.49. The van der Waals surface area contributed by atoms with Crippen LogP contribution in [0.1, 0.15) is 17.0 Å². The van der Waals surface area contributed by atoms with Crippen LogP contribution in [0.2, 0.25) is 0 Å². The quantitative estimate of drug-likeness (QED) is 0.632. The highest BCUT2D eigenvalue weighted by atomic mass is 32.1. The number of thiophene rings is 1. The van der Waals surface area contributed by atoms with Gasteiger partial charge in [-0.25, -0.2) is 4.98 Å². The monoisotopic (exact) mass is 414 g/mol. The van der Waals surface area contributed by atoms with E-state index in [0.717, 1.165) is 21.9 Å². The molecule has 1 aliphatic rings. The number of aryl methyl sites for hydroxylation is 1. The number of benzene rings is 1. The van der Waals surface area contributed by atoms with Crippen molar-refractivity contribution in [3.8, 4) is 16.5 Å². The van der Waals surface area contributed by atoms with Crippen LogP contribution in [0.5, 0.6) is 5.75 Å². The maximum atomic E-state index is 11.4. The van der Waals surface area contributed by atoms with Crippen molar-refractivity contribution < 1.29 is 23.8 Å². The van der Waals surface area contributed by atoms with Gasteiger partial charge >= 0.3 is 5.97 Å². The number of oxazole rings is 1. The van der Waals surface area contributed by atoms with Crippen molar-refractivity contribution in [1.82, 2.24) is 9.88 Å². The second kappa shape index (κ2) is 8.77. The van der Waals surface area contributed by atoms with Gasteiger partial charge in [0.25, 0.3) is 0 Å². The fourth-order valence-corrected chi connectivity index (χ4v) is 3.89. The Morgan fingerprint density at radius 2 is 2.28 bits per heavy atom. The number of ether oxygens (including phenoxy) is 2. The van der Waals surface area contributed by atoms with Crippen LogP contribution in [0.25, 0.3) is 10.8 Å². The molecule has 8 heteroatoms. The molecule has 0 unspecified atom stereocenters. The van der Waals surface area contributed by atoms with E-state index in [9.17, 15) is 9.90 Å². The molecule has 0 radical (unpaired) electrons. The summed E-state index contributed by atoms with van der Waals surface area (Å²) in [5.74, 6) is 1.20. The molecule has 0 spiro atoms. The van der Waals surface area contributed by atoms with E-state index < -0.39 is 12.0 Å². The number of carbonyl (C=O) groups is 1. The van der Waals surface area contributed by atoms with Crippen molar-refractivity contribution in [1.29, 1.82) is 0 Å². The van der Waals surface area contributed by atoms with Crippen molar-refractivity contribution >= 4 is 17.3 Å². The van der Waals surface area contributed by atoms with Crippen LogP contribution < -0.4 is 4.74 Å². The van der Waals surface area contributed by atoms with Crippen LogP contribution in [0.15, 0.2) is 46.2 Å². The summed E-state index contributed by atoms with van der Waals surface area (Å²) >= 11 is 1.58. The molecular weight excluding hydrogens is 392 g/mol. The normalized spacial score (nSPS) is 17.3. The van der Waals surface area contributed by atoms with Gasteiger partial charge < -0.3 is 19.0 Å². The molecule has 2 aromatic heterocycles. The highest BCUT2D eigenvalue weighted by molar-refractivity contribution is 7.13. The third-order valence-corrected chi connectivity index (χ3v) is 5.67. The minimum absolute atomic E-state index is 0.212. The second-order valence-electron chi connectivity index (χ2n) is 6.83. The van der Waals surface area contributed by atoms with Crippen LogP contribution in [0, 0.1) is 6.92 Å². The number of nitrogens with zero attached hydrogens (tertiary/aromatic N) is 2. The van der Waals surface area contributed by atoms with Gasteiger partial charge in [-0.1, -0.05) is 18.2 Å². The highest BCUT2D eigenvalue weighted by Gasteiger charge is 2.29. The number of carboxylic acid groups (broad SMARTS) is 1. The van der Waals surface area contributed by atoms with Gasteiger partial charge in [-0.3, -0.25) is 9.69 Å². The molecule has 0 bridgehead atoms. The molecule has 1 N–H and O–H groups in total. The van der Waals surface area contributed by atoms with E-state index in [0.29, 0.717) is 37.9 Å². The zero-order valence-electron chi connectivity index (χ0n) is 16.0. The van der Waals surface area contributed by atoms with Gasteiger partial charge in [0.15, 0.2) is 0 Å². The maximum absolute atomic E-state index is 11.4. The van der Waals surface area contributed by atoms with E-state index in [-0.39, 0.29) is 6.61 Å². The summed E-state index contributed by atoms with van der Waals surface area (Å²) < 4.78 is 17.0. The first-order valence-electron chi connectivity index (χ1n) is 9.36. The number of aromatic nitrogens is 1. The predicted octanol–water partition coefficient (Wildman–Crippen LogP) is 3.58. The van der Waals surface area contributed by atoms with Gasteiger partial charge in [0.2, 0.25) is 5.89 Å². The predicted molar refractivity (Wildman–Crippen MR) is 108 cm³/mol. The van der Waals surface area contributed by atoms with Gasteiger partial charge in [-0.2, -0.15) is 0 Å². The lowest BCUT2D eigenvalue weighted by molar-refractivity contribution is -0.150. The van der Waals surface area contributed by atoms with Gasteiger partial charge in [0, 0.05) is 13.1 Å². The van der Waals surface area contributed by atoms with E-state index in [1.807, 2.05) is 53.6 Å². The number of hydrogen-bond acceptors (Lipinski definition) is 7. The standard InChI is InChI=1S/C21H22N2O5S/c1-14-17(22-20(28-14)19-6-3-9-29-19)12-27-16-5-2-4-15(10-16)11-23-7-8-26-13-18(23)21(24)25/h2-6,9-10,18H,7-8,11-13H2,1H3,(H,24,25)/t18-/m0/s1. The van der Waals surface area contributed by atoms with Crippen LogP contribution in [-0.4, -0.2) is 46.8 Å². The number of carboxylic acids is 1. The van der Waals surface area contributed by atoms with Gasteiger partial charge in [0.05, 0.1) is 18.1 Å². The number of rotatable bonds is 7. The Morgan fingerprint density at radius 1 is 1.38 bits per heavy atom.